The molecule has 4 heteroatoms. The van der Waals surface area contributed by atoms with Crippen molar-refractivity contribution in [1.82, 2.24) is 0 Å². The lowest BCUT2D eigenvalue weighted by Crippen LogP contribution is -2.02. The van der Waals surface area contributed by atoms with E-state index in [0.717, 1.165) is 0 Å². The molecule has 0 aromatic rings. The van der Waals surface area contributed by atoms with Crippen LogP contribution in [0.3, 0.4) is 0 Å². The van der Waals surface area contributed by atoms with Gasteiger partial charge in [-0.15, -0.1) is 0 Å². The Hall–Kier alpha value is -0.513. The Labute approximate surface area is 51.1 Å². The number of hydrogen-bond acceptors (Lipinski definition) is 3. The van der Waals surface area contributed by atoms with E-state index < -0.39 is 0 Å². The summed E-state index contributed by atoms with van der Waals surface area (Å²) in [4.78, 5) is 18.2. The molecule has 0 aliphatic carbocycles. The van der Waals surface area contributed by atoms with Crippen LogP contribution >= 0.6 is 0 Å². The minimum Gasteiger partial charge on any atom is -0.399 e. The molecule has 0 aromatic heterocycles. The topological polar surface area (TPSA) is 38.7 Å². The minimum atomic E-state index is 0.0837. The Morgan fingerprint density at radius 3 is 2.88 bits per heavy atom. The van der Waals surface area contributed by atoms with Crippen molar-refractivity contribution in [3.8, 4) is 0 Å². The summed E-state index contributed by atoms with van der Waals surface area (Å²) in [6.07, 6.45) is 0.526. The van der Waals surface area contributed by atoms with Crippen LogP contribution < -0.4 is 0 Å². The van der Waals surface area contributed by atoms with E-state index in [-0.39, 0.29) is 12.4 Å². The Kier molecular flexibility index (Phi) is 4.34. The molecule has 0 heterocycles. The van der Waals surface area contributed by atoms with Crippen molar-refractivity contribution in [3.05, 3.63) is 0 Å². The molecule has 0 atom stereocenters. The molecule has 46 valence electrons. The maximum absolute atomic E-state index is 10.4. The zero-order chi connectivity index (χ0) is 6.41. The van der Waals surface area contributed by atoms with Crippen LogP contribution in [0.4, 0.5) is 0 Å². The zero-order valence-electron chi connectivity index (χ0n) is 4.89. The van der Waals surface area contributed by atoms with Gasteiger partial charge < -0.3 is 4.84 Å². The maximum Gasteiger partial charge on any atom is 0.173 e. The highest BCUT2D eigenvalue weighted by Gasteiger charge is 1.94. The Morgan fingerprint density at radius 2 is 2.50 bits per heavy atom. The third-order valence-corrected chi connectivity index (χ3v) is 0.894. The molecule has 0 aliphatic rings. The van der Waals surface area contributed by atoms with Gasteiger partial charge in [0, 0.05) is 6.42 Å². The first-order valence-corrected chi connectivity index (χ1v) is 3.04. The van der Waals surface area contributed by atoms with Gasteiger partial charge in [-0.1, -0.05) is 6.92 Å². The predicted octanol–water partition coefficient (Wildman–Crippen LogP) is -0.286. The Morgan fingerprint density at radius 1 is 1.88 bits per heavy atom. The van der Waals surface area contributed by atoms with E-state index in [9.17, 15) is 4.79 Å². The number of hydrogen-bond donors (Lipinski definition) is 0. The fraction of sp³-hybridized carbons (Fsp3) is 0.750. The van der Waals surface area contributed by atoms with E-state index in [0.29, 0.717) is 6.42 Å². The lowest BCUT2D eigenvalue weighted by molar-refractivity contribution is -0.123. The van der Waals surface area contributed by atoms with Crippen LogP contribution in [0.25, 0.3) is 0 Å². The van der Waals surface area contributed by atoms with Gasteiger partial charge in [0.05, 0.1) is 0 Å². The van der Waals surface area contributed by atoms with Crippen LogP contribution in [-0.2, 0) is 9.63 Å². The number of nitrogens with zero attached hydrogens (tertiary/aromatic N) is 1. The largest absolute Gasteiger partial charge is 0.399 e. The molecule has 0 radical (unpaired) electrons. The average molecular weight is 131 g/mol. The number of rotatable bonds is 4. The van der Waals surface area contributed by atoms with Gasteiger partial charge in [-0.2, -0.15) is 4.80 Å². The summed E-state index contributed by atoms with van der Waals surface area (Å²) < 4.78 is 0. The monoisotopic (exact) mass is 131 g/mol. The zero-order valence-corrected chi connectivity index (χ0v) is 6.30. The standard InChI is InChI=1S/C4H9NO2Si/c1-2-4(6)3-7-5-8/h2-3,8H2,1H3. The van der Waals surface area contributed by atoms with Gasteiger partial charge in [0.2, 0.25) is 0 Å². The van der Waals surface area contributed by atoms with E-state index in [1.165, 1.54) is 10.0 Å². The van der Waals surface area contributed by atoms with Gasteiger partial charge in [-0.25, -0.2) is 0 Å². The maximum atomic E-state index is 10.4. The first-order valence-electron chi connectivity index (χ1n) is 2.41. The number of ketones is 1. The number of carbonyl (C=O) groups excluding carboxylic acids is 1. The van der Waals surface area contributed by atoms with Crippen molar-refractivity contribution in [2.45, 2.75) is 13.3 Å². The third-order valence-electron chi connectivity index (χ3n) is 0.711. The van der Waals surface area contributed by atoms with Crippen molar-refractivity contribution in [1.29, 1.82) is 0 Å². The summed E-state index contributed by atoms with van der Waals surface area (Å²) in [6, 6.07) is 0. The van der Waals surface area contributed by atoms with Crippen molar-refractivity contribution in [3.63, 3.8) is 0 Å². The molecule has 0 spiro atoms. The summed E-state index contributed by atoms with van der Waals surface area (Å²) >= 11 is 0. The molecule has 0 N–H and O–H groups in total. The summed E-state index contributed by atoms with van der Waals surface area (Å²) in [5.41, 5.74) is 0. The van der Waals surface area contributed by atoms with Crippen LogP contribution in [-0.4, -0.2) is 22.4 Å². The van der Waals surface area contributed by atoms with Crippen LogP contribution in [0, 0.1) is 0 Å². The van der Waals surface area contributed by atoms with Crippen LogP contribution in [0.15, 0.2) is 4.80 Å². The highest BCUT2D eigenvalue weighted by Crippen LogP contribution is 1.81. The average Bonchev–Trinajstić information content (AvgIpc) is 1.83. The lowest BCUT2D eigenvalue weighted by atomic mass is 10.3. The van der Waals surface area contributed by atoms with E-state index in [2.05, 4.69) is 9.64 Å². The van der Waals surface area contributed by atoms with Gasteiger partial charge >= 0.3 is 0 Å². The summed E-state index contributed by atoms with van der Waals surface area (Å²) in [7, 11) is 1.33. The fourth-order valence-electron chi connectivity index (χ4n) is 0.220. The lowest BCUT2D eigenvalue weighted by Gasteiger charge is -1.92. The molecule has 8 heavy (non-hydrogen) atoms. The molecule has 3 nitrogen and oxygen atoms in total. The molecule has 0 bridgehead atoms. The molecule has 0 aliphatic heterocycles. The molecular weight excluding hydrogens is 122 g/mol. The second kappa shape index (κ2) is 4.64. The van der Waals surface area contributed by atoms with E-state index in [1.807, 2.05) is 0 Å². The second-order valence-electron chi connectivity index (χ2n) is 1.29. The molecule has 0 amide bonds. The van der Waals surface area contributed by atoms with Gasteiger partial charge in [0.25, 0.3) is 0 Å². The molecule has 0 fully saturated rings. The van der Waals surface area contributed by atoms with Crippen molar-refractivity contribution in [2.75, 3.05) is 6.61 Å². The van der Waals surface area contributed by atoms with E-state index in [1.54, 1.807) is 6.92 Å². The molecule has 0 saturated carbocycles. The van der Waals surface area contributed by atoms with Crippen molar-refractivity contribution >= 4 is 15.8 Å². The Balaban J connectivity index is 3.11. The molecule has 0 rings (SSSR count). The third kappa shape index (κ3) is 3.67. The fourth-order valence-corrected chi connectivity index (χ4v) is 0.311. The van der Waals surface area contributed by atoms with E-state index >= 15 is 0 Å². The van der Waals surface area contributed by atoms with E-state index in [4.69, 9.17) is 0 Å². The molecule has 0 unspecified atom stereocenters. The van der Waals surface area contributed by atoms with Gasteiger partial charge in [0.1, 0.15) is 10.0 Å². The van der Waals surface area contributed by atoms with Gasteiger partial charge in [-0.05, 0) is 0 Å². The second-order valence-corrected chi connectivity index (χ2v) is 1.55. The normalized spacial score (nSPS) is 8.12. The predicted molar refractivity (Wildman–Crippen MR) is 32.2 cm³/mol. The number of Topliss-reactive ketones (excluding diaryl/α,β-unsaturated/α-hetero) is 1. The SMILES string of the molecule is CCC(=O)CON=[SiH2]. The first kappa shape index (κ1) is 7.49. The Bertz CT molecular complexity index is 94.0. The van der Waals surface area contributed by atoms with Crippen LogP contribution in [0.5, 0.6) is 0 Å². The molecular formula is C4H9NO2Si. The summed E-state index contributed by atoms with van der Waals surface area (Å²) in [5.74, 6) is 0.0837. The smallest absolute Gasteiger partial charge is 0.173 e. The van der Waals surface area contributed by atoms with Gasteiger partial charge in [-0.3, -0.25) is 4.79 Å². The van der Waals surface area contributed by atoms with Crippen molar-refractivity contribution in [2.24, 2.45) is 4.80 Å². The van der Waals surface area contributed by atoms with Crippen LogP contribution in [0.2, 0.25) is 0 Å². The number of carbonyl (C=O) groups is 1. The summed E-state index contributed by atoms with van der Waals surface area (Å²) in [6.45, 7) is 1.92. The van der Waals surface area contributed by atoms with Crippen molar-refractivity contribution < 1.29 is 9.63 Å². The minimum absolute atomic E-state index is 0.0837. The molecule has 0 saturated heterocycles. The highest BCUT2D eigenvalue weighted by molar-refractivity contribution is 5.91. The highest BCUT2D eigenvalue weighted by atomic mass is 28.1. The molecule has 0 aromatic carbocycles. The van der Waals surface area contributed by atoms with Gasteiger partial charge in [0.15, 0.2) is 12.4 Å². The quantitative estimate of drug-likeness (QED) is 0.388. The summed E-state index contributed by atoms with van der Waals surface area (Å²) in [5, 5.41) is 0. The first-order chi connectivity index (χ1) is 3.81. The van der Waals surface area contributed by atoms with Crippen LogP contribution in [0.1, 0.15) is 13.3 Å².